The topological polar surface area (TPSA) is 124 Å². The molecule has 0 aromatic heterocycles. The van der Waals surface area contributed by atoms with E-state index in [1.54, 1.807) is 0 Å². The number of nitrogen functional groups attached to an aromatic ring is 1. The van der Waals surface area contributed by atoms with E-state index in [-0.39, 0.29) is 21.8 Å². The Morgan fingerprint density at radius 3 is 2.47 bits per heavy atom. The standard InChI is InChI=1S/C10H12ClNO5/c11-4-1-5(9(15)7(14)3-13)8(12)6(2-4)10(16)17/h1-2,7,9,13-15H,3,12H2,(H,16,17). The van der Waals surface area contributed by atoms with Crippen LogP contribution < -0.4 is 5.73 Å². The second-order valence-corrected chi connectivity index (χ2v) is 3.89. The van der Waals surface area contributed by atoms with E-state index in [9.17, 15) is 15.0 Å². The van der Waals surface area contributed by atoms with Crippen LogP contribution in [0, 0.1) is 0 Å². The molecule has 0 aliphatic carbocycles. The van der Waals surface area contributed by atoms with Gasteiger partial charge in [-0.25, -0.2) is 4.79 Å². The monoisotopic (exact) mass is 261 g/mol. The SMILES string of the molecule is Nc1c(C(=O)O)cc(Cl)cc1C(O)C(O)CO. The van der Waals surface area contributed by atoms with Gasteiger partial charge in [-0.1, -0.05) is 11.6 Å². The lowest BCUT2D eigenvalue weighted by Gasteiger charge is -2.19. The first kappa shape index (κ1) is 13.7. The van der Waals surface area contributed by atoms with Gasteiger partial charge in [0.25, 0.3) is 0 Å². The third kappa shape index (κ3) is 2.86. The molecule has 0 spiro atoms. The molecule has 6 nitrogen and oxygen atoms in total. The summed E-state index contributed by atoms with van der Waals surface area (Å²) in [6, 6.07) is 2.38. The zero-order chi connectivity index (χ0) is 13.2. The average molecular weight is 262 g/mol. The number of aliphatic hydroxyl groups excluding tert-OH is 3. The van der Waals surface area contributed by atoms with Crippen molar-refractivity contribution in [2.75, 3.05) is 12.3 Å². The zero-order valence-electron chi connectivity index (χ0n) is 8.67. The van der Waals surface area contributed by atoms with Crippen LogP contribution in [-0.4, -0.2) is 39.1 Å². The normalized spacial score (nSPS) is 14.4. The Morgan fingerprint density at radius 2 is 2.00 bits per heavy atom. The van der Waals surface area contributed by atoms with Crippen LogP contribution in [0.1, 0.15) is 22.0 Å². The molecule has 0 saturated carbocycles. The van der Waals surface area contributed by atoms with E-state index in [0.29, 0.717) is 0 Å². The van der Waals surface area contributed by atoms with Crippen molar-refractivity contribution in [1.82, 2.24) is 0 Å². The molecule has 7 heteroatoms. The third-order valence-corrected chi connectivity index (χ3v) is 2.50. The highest BCUT2D eigenvalue weighted by Crippen LogP contribution is 2.30. The van der Waals surface area contributed by atoms with E-state index in [2.05, 4.69) is 0 Å². The fourth-order valence-corrected chi connectivity index (χ4v) is 1.59. The summed E-state index contributed by atoms with van der Waals surface area (Å²) in [7, 11) is 0. The minimum Gasteiger partial charge on any atom is -0.478 e. The number of anilines is 1. The number of carboxylic acid groups (broad SMARTS) is 1. The summed E-state index contributed by atoms with van der Waals surface area (Å²) in [4.78, 5) is 10.9. The molecule has 0 aliphatic heterocycles. The largest absolute Gasteiger partial charge is 0.478 e. The summed E-state index contributed by atoms with van der Waals surface area (Å²) in [5, 5.41) is 36.6. The van der Waals surface area contributed by atoms with Gasteiger partial charge in [0.05, 0.1) is 17.9 Å². The van der Waals surface area contributed by atoms with Gasteiger partial charge >= 0.3 is 5.97 Å². The quantitative estimate of drug-likeness (QED) is 0.486. The minimum absolute atomic E-state index is 0.0311. The van der Waals surface area contributed by atoms with Crippen LogP contribution >= 0.6 is 11.6 Å². The molecular weight excluding hydrogens is 250 g/mol. The number of rotatable bonds is 4. The van der Waals surface area contributed by atoms with Gasteiger partial charge in [0.15, 0.2) is 0 Å². The van der Waals surface area contributed by atoms with Crippen molar-refractivity contribution < 1.29 is 25.2 Å². The number of halogens is 1. The Hall–Kier alpha value is -1.34. The highest BCUT2D eigenvalue weighted by atomic mass is 35.5. The van der Waals surface area contributed by atoms with Crippen molar-refractivity contribution in [3.8, 4) is 0 Å². The number of hydrogen-bond donors (Lipinski definition) is 5. The number of aliphatic hydroxyl groups is 3. The Balaban J connectivity index is 3.29. The predicted octanol–water partition coefficient (Wildman–Crippen LogP) is 0.00700. The fraction of sp³-hybridized carbons (Fsp3) is 0.300. The number of hydrogen-bond acceptors (Lipinski definition) is 5. The van der Waals surface area contributed by atoms with Crippen molar-refractivity contribution >= 4 is 23.3 Å². The van der Waals surface area contributed by atoms with Gasteiger partial charge in [0.2, 0.25) is 0 Å². The van der Waals surface area contributed by atoms with Crippen molar-refractivity contribution in [2.45, 2.75) is 12.2 Å². The van der Waals surface area contributed by atoms with Crippen LogP contribution in [0.3, 0.4) is 0 Å². The van der Waals surface area contributed by atoms with Gasteiger partial charge in [-0.15, -0.1) is 0 Å². The molecule has 1 rings (SSSR count). The van der Waals surface area contributed by atoms with E-state index in [1.165, 1.54) is 6.07 Å². The van der Waals surface area contributed by atoms with Gasteiger partial charge in [-0.3, -0.25) is 0 Å². The molecule has 2 unspecified atom stereocenters. The van der Waals surface area contributed by atoms with Gasteiger partial charge in [-0.2, -0.15) is 0 Å². The number of nitrogens with two attached hydrogens (primary N) is 1. The van der Waals surface area contributed by atoms with Gasteiger partial charge in [-0.05, 0) is 12.1 Å². The van der Waals surface area contributed by atoms with Crippen molar-refractivity contribution in [3.05, 3.63) is 28.3 Å². The van der Waals surface area contributed by atoms with E-state index in [4.69, 9.17) is 27.5 Å². The van der Waals surface area contributed by atoms with Gasteiger partial charge < -0.3 is 26.2 Å². The van der Waals surface area contributed by atoms with Crippen LogP contribution in [0.25, 0.3) is 0 Å². The molecule has 0 saturated heterocycles. The second-order valence-electron chi connectivity index (χ2n) is 3.46. The zero-order valence-corrected chi connectivity index (χ0v) is 9.42. The summed E-state index contributed by atoms with van der Waals surface area (Å²) in [6.45, 7) is -0.685. The van der Waals surface area contributed by atoms with Crippen molar-refractivity contribution in [3.63, 3.8) is 0 Å². The maximum atomic E-state index is 10.9. The van der Waals surface area contributed by atoms with Crippen molar-refractivity contribution in [2.24, 2.45) is 0 Å². The van der Waals surface area contributed by atoms with E-state index in [1.807, 2.05) is 0 Å². The first-order valence-electron chi connectivity index (χ1n) is 4.67. The summed E-state index contributed by atoms with van der Waals surface area (Å²) < 4.78 is 0. The average Bonchev–Trinajstić information content (AvgIpc) is 2.29. The maximum Gasteiger partial charge on any atom is 0.337 e. The number of carboxylic acids is 1. The molecule has 1 aromatic rings. The first-order chi connectivity index (χ1) is 7.88. The molecule has 0 fully saturated rings. The Bertz CT molecular complexity index is 437. The van der Waals surface area contributed by atoms with Crippen molar-refractivity contribution in [1.29, 1.82) is 0 Å². The molecule has 0 amide bonds. The highest BCUT2D eigenvalue weighted by molar-refractivity contribution is 6.31. The predicted molar refractivity (Wildman–Crippen MR) is 60.9 cm³/mol. The third-order valence-electron chi connectivity index (χ3n) is 2.28. The van der Waals surface area contributed by atoms with Crippen LogP contribution in [-0.2, 0) is 0 Å². The lowest BCUT2D eigenvalue weighted by atomic mass is 9.99. The molecule has 17 heavy (non-hydrogen) atoms. The summed E-state index contributed by atoms with van der Waals surface area (Å²) >= 11 is 5.68. The molecule has 1 aromatic carbocycles. The van der Waals surface area contributed by atoms with Gasteiger partial charge in [0.1, 0.15) is 12.2 Å². The molecule has 0 heterocycles. The summed E-state index contributed by atoms with van der Waals surface area (Å²) in [5.74, 6) is -1.29. The van der Waals surface area contributed by atoms with Crippen LogP contribution in [0.2, 0.25) is 5.02 Å². The minimum atomic E-state index is -1.50. The Labute approximate surface area is 102 Å². The maximum absolute atomic E-state index is 10.9. The highest BCUT2D eigenvalue weighted by Gasteiger charge is 2.23. The molecule has 0 bridgehead atoms. The Kier molecular flexibility index (Phi) is 4.30. The number of carbonyl (C=O) groups is 1. The van der Waals surface area contributed by atoms with E-state index >= 15 is 0 Å². The number of aromatic carboxylic acids is 1. The molecule has 94 valence electrons. The lowest BCUT2D eigenvalue weighted by molar-refractivity contribution is -0.0149. The smallest absolute Gasteiger partial charge is 0.337 e. The van der Waals surface area contributed by atoms with Gasteiger partial charge in [0, 0.05) is 10.6 Å². The Morgan fingerprint density at radius 1 is 1.41 bits per heavy atom. The summed E-state index contributed by atoms with van der Waals surface area (Å²) in [6.07, 6.45) is -2.96. The molecule has 2 atom stereocenters. The van der Waals surface area contributed by atoms with Crippen LogP contribution in [0.5, 0.6) is 0 Å². The molecule has 0 aliphatic rings. The fourth-order valence-electron chi connectivity index (χ4n) is 1.37. The molecule has 6 N–H and O–H groups in total. The first-order valence-corrected chi connectivity index (χ1v) is 5.05. The number of benzene rings is 1. The van der Waals surface area contributed by atoms with E-state index in [0.717, 1.165) is 6.07 Å². The molecular formula is C10H12ClNO5. The molecule has 0 radical (unpaired) electrons. The van der Waals surface area contributed by atoms with Crippen LogP contribution in [0.4, 0.5) is 5.69 Å². The second kappa shape index (κ2) is 5.33. The van der Waals surface area contributed by atoms with Crippen LogP contribution in [0.15, 0.2) is 12.1 Å². The van der Waals surface area contributed by atoms with E-state index < -0.39 is 24.8 Å². The summed E-state index contributed by atoms with van der Waals surface area (Å²) in [5.41, 5.74) is 5.06. The lowest BCUT2D eigenvalue weighted by Crippen LogP contribution is -2.23.